The minimum absolute atomic E-state index is 0.205. The van der Waals surface area contributed by atoms with E-state index in [1.807, 2.05) is 30.1 Å². The van der Waals surface area contributed by atoms with Crippen molar-refractivity contribution in [2.45, 2.75) is 38.1 Å². The first-order valence-corrected chi connectivity index (χ1v) is 7.08. The lowest BCUT2D eigenvalue weighted by Crippen LogP contribution is -2.41. The summed E-state index contributed by atoms with van der Waals surface area (Å²) >= 11 is 0. The number of carbonyl (C=O) groups excluding carboxylic acids is 1. The molecular weight excluding hydrogens is 238 g/mol. The van der Waals surface area contributed by atoms with Gasteiger partial charge >= 0.3 is 0 Å². The molecule has 0 spiro atoms. The van der Waals surface area contributed by atoms with Gasteiger partial charge in [0.25, 0.3) is 0 Å². The summed E-state index contributed by atoms with van der Waals surface area (Å²) in [4.78, 5) is 18.4. The second-order valence-corrected chi connectivity index (χ2v) is 5.32. The van der Waals surface area contributed by atoms with Gasteiger partial charge in [0, 0.05) is 31.4 Å². The molecule has 2 N–H and O–H groups in total. The van der Waals surface area contributed by atoms with E-state index in [-0.39, 0.29) is 5.91 Å². The van der Waals surface area contributed by atoms with Crippen LogP contribution in [0, 0.1) is 5.92 Å². The van der Waals surface area contributed by atoms with Gasteiger partial charge in [0.15, 0.2) is 0 Å². The van der Waals surface area contributed by atoms with Crippen LogP contribution in [0.25, 0.3) is 0 Å². The van der Waals surface area contributed by atoms with Crippen molar-refractivity contribution in [1.29, 1.82) is 0 Å². The Bertz CT molecular complexity index is 407. The van der Waals surface area contributed by atoms with Crippen LogP contribution in [0.1, 0.15) is 31.4 Å². The zero-order valence-electron chi connectivity index (χ0n) is 11.6. The summed E-state index contributed by atoms with van der Waals surface area (Å²) in [6, 6.07) is 6.15. The van der Waals surface area contributed by atoms with Gasteiger partial charge in [-0.25, -0.2) is 0 Å². The van der Waals surface area contributed by atoms with Gasteiger partial charge in [0.2, 0.25) is 5.91 Å². The molecule has 4 nitrogen and oxygen atoms in total. The number of nitrogens with zero attached hydrogens (tertiary/aromatic N) is 2. The molecule has 2 rings (SSSR count). The quantitative estimate of drug-likeness (QED) is 0.876. The number of rotatable bonds is 5. The maximum atomic E-state index is 12.2. The molecule has 4 heteroatoms. The fourth-order valence-corrected chi connectivity index (χ4v) is 2.94. The highest BCUT2D eigenvalue weighted by Crippen LogP contribution is 2.28. The van der Waals surface area contributed by atoms with E-state index in [1.54, 1.807) is 6.20 Å². The molecule has 104 valence electrons. The van der Waals surface area contributed by atoms with Crippen LogP contribution in [-0.4, -0.2) is 35.4 Å². The van der Waals surface area contributed by atoms with Gasteiger partial charge in [-0.1, -0.05) is 12.5 Å². The predicted octanol–water partition coefficient (Wildman–Crippen LogP) is 1.60. The third kappa shape index (κ3) is 3.53. The summed E-state index contributed by atoms with van der Waals surface area (Å²) in [6.07, 6.45) is 6.44. The Morgan fingerprint density at radius 3 is 3.00 bits per heavy atom. The summed E-state index contributed by atoms with van der Waals surface area (Å²) in [6.45, 7) is 0.683. The highest BCUT2D eigenvalue weighted by molar-refractivity contribution is 5.76. The summed E-state index contributed by atoms with van der Waals surface area (Å²) in [7, 11) is 1.92. The SMILES string of the molecule is CN(C(=O)CCc1ccccn1)C1CCCC1CN. The molecule has 0 aromatic carbocycles. The first-order chi connectivity index (χ1) is 9.22. The van der Waals surface area contributed by atoms with Crippen LogP contribution in [0.15, 0.2) is 24.4 Å². The van der Waals surface area contributed by atoms with Crippen molar-refractivity contribution in [3.05, 3.63) is 30.1 Å². The number of hydrogen-bond donors (Lipinski definition) is 1. The first kappa shape index (κ1) is 14.0. The number of amides is 1. The lowest BCUT2D eigenvalue weighted by atomic mass is 10.0. The monoisotopic (exact) mass is 261 g/mol. The molecule has 1 aliphatic rings. The summed E-state index contributed by atoms with van der Waals surface area (Å²) in [5, 5.41) is 0. The van der Waals surface area contributed by atoms with E-state index in [0.29, 0.717) is 31.3 Å². The van der Waals surface area contributed by atoms with Crippen molar-refractivity contribution >= 4 is 5.91 Å². The predicted molar refractivity (Wildman–Crippen MR) is 75.5 cm³/mol. The fourth-order valence-electron chi connectivity index (χ4n) is 2.94. The topological polar surface area (TPSA) is 59.2 Å². The largest absolute Gasteiger partial charge is 0.342 e. The van der Waals surface area contributed by atoms with Gasteiger partial charge in [0.05, 0.1) is 0 Å². The Balaban J connectivity index is 1.85. The molecule has 1 aromatic rings. The number of nitrogens with two attached hydrogens (primary N) is 1. The third-order valence-electron chi connectivity index (χ3n) is 4.13. The van der Waals surface area contributed by atoms with Crippen molar-refractivity contribution in [3.8, 4) is 0 Å². The molecule has 1 amide bonds. The zero-order chi connectivity index (χ0) is 13.7. The number of carbonyl (C=O) groups is 1. The van der Waals surface area contributed by atoms with Gasteiger partial charge in [-0.3, -0.25) is 9.78 Å². The molecule has 0 bridgehead atoms. The van der Waals surface area contributed by atoms with Crippen LogP contribution in [0.4, 0.5) is 0 Å². The summed E-state index contributed by atoms with van der Waals surface area (Å²) in [5.74, 6) is 0.680. The molecule has 1 fully saturated rings. The number of aromatic nitrogens is 1. The van der Waals surface area contributed by atoms with E-state index >= 15 is 0 Å². The molecule has 2 unspecified atom stereocenters. The standard InChI is InChI=1S/C15H23N3O/c1-18(14-7-4-5-12(14)11-16)15(19)9-8-13-6-2-3-10-17-13/h2-3,6,10,12,14H,4-5,7-9,11,16H2,1H3. The van der Waals surface area contributed by atoms with E-state index in [9.17, 15) is 4.79 Å². The molecule has 0 radical (unpaired) electrons. The highest BCUT2D eigenvalue weighted by atomic mass is 16.2. The van der Waals surface area contributed by atoms with Crippen LogP contribution in [0.2, 0.25) is 0 Å². The number of pyridine rings is 1. The van der Waals surface area contributed by atoms with Crippen molar-refractivity contribution in [2.24, 2.45) is 11.7 Å². The maximum Gasteiger partial charge on any atom is 0.222 e. The zero-order valence-corrected chi connectivity index (χ0v) is 11.6. The molecule has 0 saturated heterocycles. The average Bonchev–Trinajstić information content (AvgIpc) is 2.93. The molecular formula is C15H23N3O. The molecule has 1 saturated carbocycles. The Labute approximate surface area is 115 Å². The normalized spacial score (nSPS) is 22.4. The Hall–Kier alpha value is -1.42. The van der Waals surface area contributed by atoms with Crippen LogP contribution in [0.5, 0.6) is 0 Å². The van der Waals surface area contributed by atoms with Gasteiger partial charge in [-0.05, 0) is 43.9 Å². The fraction of sp³-hybridized carbons (Fsp3) is 0.600. The Kier molecular flexibility index (Phi) is 4.91. The van der Waals surface area contributed by atoms with Crippen LogP contribution >= 0.6 is 0 Å². The van der Waals surface area contributed by atoms with Crippen molar-refractivity contribution in [1.82, 2.24) is 9.88 Å². The second kappa shape index (κ2) is 6.66. The lowest BCUT2D eigenvalue weighted by Gasteiger charge is -2.29. The van der Waals surface area contributed by atoms with E-state index in [0.717, 1.165) is 18.5 Å². The lowest BCUT2D eigenvalue weighted by molar-refractivity contribution is -0.132. The van der Waals surface area contributed by atoms with Gasteiger partial charge in [-0.15, -0.1) is 0 Å². The Morgan fingerprint density at radius 1 is 1.47 bits per heavy atom. The van der Waals surface area contributed by atoms with Gasteiger partial charge in [-0.2, -0.15) is 0 Å². The molecule has 2 atom stereocenters. The van der Waals surface area contributed by atoms with E-state index in [1.165, 1.54) is 6.42 Å². The molecule has 1 aliphatic carbocycles. The van der Waals surface area contributed by atoms with E-state index in [2.05, 4.69) is 4.98 Å². The van der Waals surface area contributed by atoms with E-state index in [4.69, 9.17) is 5.73 Å². The minimum Gasteiger partial charge on any atom is -0.342 e. The van der Waals surface area contributed by atoms with Crippen molar-refractivity contribution < 1.29 is 4.79 Å². The average molecular weight is 261 g/mol. The number of aryl methyl sites for hydroxylation is 1. The summed E-state index contributed by atoms with van der Waals surface area (Å²) in [5.41, 5.74) is 6.76. The van der Waals surface area contributed by atoms with Crippen LogP contribution in [-0.2, 0) is 11.2 Å². The van der Waals surface area contributed by atoms with Crippen LogP contribution in [0.3, 0.4) is 0 Å². The van der Waals surface area contributed by atoms with Gasteiger partial charge < -0.3 is 10.6 Å². The molecule has 1 aromatic heterocycles. The third-order valence-corrected chi connectivity index (χ3v) is 4.13. The van der Waals surface area contributed by atoms with E-state index < -0.39 is 0 Å². The summed E-state index contributed by atoms with van der Waals surface area (Å²) < 4.78 is 0. The molecule has 0 aliphatic heterocycles. The second-order valence-electron chi connectivity index (χ2n) is 5.32. The minimum atomic E-state index is 0.205. The van der Waals surface area contributed by atoms with Gasteiger partial charge in [0.1, 0.15) is 0 Å². The van der Waals surface area contributed by atoms with Crippen molar-refractivity contribution in [2.75, 3.05) is 13.6 Å². The number of hydrogen-bond acceptors (Lipinski definition) is 3. The van der Waals surface area contributed by atoms with Crippen LogP contribution < -0.4 is 5.73 Å². The van der Waals surface area contributed by atoms with Crippen molar-refractivity contribution in [3.63, 3.8) is 0 Å². The molecule has 1 heterocycles. The smallest absolute Gasteiger partial charge is 0.222 e. The highest BCUT2D eigenvalue weighted by Gasteiger charge is 2.31. The Morgan fingerprint density at radius 2 is 2.32 bits per heavy atom. The molecule has 19 heavy (non-hydrogen) atoms. The first-order valence-electron chi connectivity index (χ1n) is 7.08. The maximum absolute atomic E-state index is 12.2.